The molecule has 0 saturated heterocycles. The van der Waals surface area contributed by atoms with Crippen LogP contribution in [0.5, 0.6) is 5.75 Å². The Kier molecular flexibility index (Phi) is 7.79. The summed E-state index contributed by atoms with van der Waals surface area (Å²) >= 11 is 4.20. The van der Waals surface area contributed by atoms with E-state index >= 15 is 0 Å². The third-order valence-electron chi connectivity index (χ3n) is 3.59. The van der Waals surface area contributed by atoms with E-state index in [4.69, 9.17) is 4.74 Å². The van der Waals surface area contributed by atoms with E-state index in [1.807, 2.05) is 6.07 Å². The molecule has 0 heterocycles. The first-order valence-electron chi connectivity index (χ1n) is 7.72. The van der Waals surface area contributed by atoms with E-state index in [2.05, 4.69) is 55.7 Å². The van der Waals surface area contributed by atoms with Gasteiger partial charge in [0.05, 0.1) is 33.8 Å². The van der Waals surface area contributed by atoms with Crippen molar-refractivity contribution in [3.05, 3.63) is 64.3 Å². The van der Waals surface area contributed by atoms with E-state index in [0.717, 1.165) is 13.2 Å². The van der Waals surface area contributed by atoms with Crippen LogP contribution >= 0.6 is 45.2 Å². The molecule has 0 unspecified atom stereocenters. The van der Waals surface area contributed by atoms with Crippen LogP contribution < -0.4 is 10.2 Å². The summed E-state index contributed by atoms with van der Waals surface area (Å²) in [4.78, 5) is 22.2. The number of nitrogens with one attached hydrogen (secondary N) is 1. The van der Waals surface area contributed by atoms with Crippen LogP contribution in [0.1, 0.15) is 16.7 Å². The Hall–Kier alpha value is -1.97. The molecule has 12 heteroatoms. The van der Waals surface area contributed by atoms with Crippen molar-refractivity contribution >= 4 is 63.0 Å². The zero-order valence-corrected chi connectivity index (χ0v) is 18.9. The smallest absolute Gasteiger partial charge is 0.416 e. The summed E-state index contributed by atoms with van der Waals surface area (Å²) in [6.45, 7) is 0. The quantitative estimate of drug-likeness (QED) is 0.219. The molecule has 0 spiro atoms. The van der Waals surface area contributed by atoms with Gasteiger partial charge in [0.1, 0.15) is 5.75 Å². The highest BCUT2D eigenvalue weighted by atomic mass is 127. The minimum Gasteiger partial charge on any atom is -0.495 e. The molecule has 7 nitrogen and oxygen atoms in total. The number of nitro benzene ring substituents is 1. The highest BCUT2D eigenvalue weighted by Gasteiger charge is 2.33. The van der Waals surface area contributed by atoms with Crippen molar-refractivity contribution in [2.75, 3.05) is 7.11 Å². The minimum absolute atomic E-state index is 0.155. The van der Waals surface area contributed by atoms with Crippen LogP contribution in [-0.2, 0) is 17.4 Å². The second-order valence-corrected chi connectivity index (χ2v) is 7.99. The van der Waals surface area contributed by atoms with E-state index in [9.17, 15) is 28.1 Å². The molecule has 0 atom stereocenters. The predicted octanol–water partition coefficient (Wildman–Crippen LogP) is 4.52. The molecule has 0 aliphatic heterocycles. The lowest BCUT2D eigenvalue weighted by Gasteiger charge is -2.09. The van der Waals surface area contributed by atoms with Gasteiger partial charge in [0.25, 0.3) is 5.69 Å². The van der Waals surface area contributed by atoms with Gasteiger partial charge in [-0.15, -0.1) is 0 Å². The summed E-state index contributed by atoms with van der Waals surface area (Å²) < 4.78 is 45.3. The second-order valence-electron chi connectivity index (χ2n) is 5.58. The predicted molar refractivity (Wildman–Crippen MR) is 116 cm³/mol. The number of alkyl halides is 3. The van der Waals surface area contributed by atoms with E-state index in [1.165, 1.54) is 13.3 Å². The lowest BCUT2D eigenvalue weighted by molar-refractivity contribution is -0.385. The van der Waals surface area contributed by atoms with Gasteiger partial charge in [-0.25, -0.2) is 5.43 Å². The van der Waals surface area contributed by atoms with Crippen LogP contribution in [0, 0.1) is 17.3 Å². The third-order valence-corrected chi connectivity index (χ3v) is 5.02. The van der Waals surface area contributed by atoms with E-state index in [1.54, 1.807) is 6.07 Å². The molecule has 29 heavy (non-hydrogen) atoms. The van der Waals surface area contributed by atoms with Crippen LogP contribution in [0.4, 0.5) is 18.9 Å². The molecule has 2 aromatic carbocycles. The molecule has 0 bridgehead atoms. The zero-order chi connectivity index (χ0) is 21.8. The van der Waals surface area contributed by atoms with Gasteiger partial charge in [-0.1, -0.05) is 6.07 Å². The number of nitrogens with zero attached hydrogens (tertiary/aromatic N) is 2. The molecule has 0 aliphatic carbocycles. The molecular formula is C17H12F3I2N3O4. The van der Waals surface area contributed by atoms with Crippen LogP contribution in [0.15, 0.2) is 35.4 Å². The number of nitro groups is 1. The van der Waals surface area contributed by atoms with Crippen LogP contribution in [0.2, 0.25) is 0 Å². The number of methoxy groups -OCH3 is 1. The largest absolute Gasteiger partial charge is 0.495 e. The van der Waals surface area contributed by atoms with Gasteiger partial charge in [0.2, 0.25) is 5.91 Å². The average Bonchev–Trinajstić information content (AvgIpc) is 2.60. The van der Waals surface area contributed by atoms with Gasteiger partial charge in [-0.3, -0.25) is 14.9 Å². The molecule has 0 fully saturated rings. The first-order valence-corrected chi connectivity index (χ1v) is 9.88. The topological polar surface area (TPSA) is 93.8 Å². The lowest BCUT2D eigenvalue weighted by atomic mass is 10.1. The SMILES string of the molecule is COc1c(I)cc(I)cc1/C=N/NC(=O)Cc1ccc(C(F)(F)F)cc1[N+](=O)[O-]. The Bertz CT molecular complexity index is 981. The first kappa shape index (κ1) is 23.3. The average molecular weight is 633 g/mol. The number of rotatable bonds is 6. The van der Waals surface area contributed by atoms with Gasteiger partial charge in [0, 0.05) is 20.8 Å². The molecule has 0 aromatic heterocycles. The monoisotopic (exact) mass is 633 g/mol. The van der Waals surface area contributed by atoms with Crippen molar-refractivity contribution in [2.24, 2.45) is 5.10 Å². The molecule has 2 aromatic rings. The van der Waals surface area contributed by atoms with Crippen molar-refractivity contribution in [1.29, 1.82) is 0 Å². The Morgan fingerprint density at radius 1 is 1.31 bits per heavy atom. The zero-order valence-electron chi connectivity index (χ0n) is 14.6. The molecule has 0 saturated carbocycles. The van der Waals surface area contributed by atoms with Crippen LogP contribution in [0.25, 0.3) is 0 Å². The maximum atomic E-state index is 12.7. The lowest BCUT2D eigenvalue weighted by Crippen LogP contribution is -2.20. The van der Waals surface area contributed by atoms with Gasteiger partial charge in [-0.2, -0.15) is 18.3 Å². The summed E-state index contributed by atoms with van der Waals surface area (Å²) in [5.41, 5.74) is 0.707. The molecule has 0 radical (unpaired) electrons. The summed E-state index contributed by atoms with van der Waals surface area (Å²) in [5, 5.41) is 14.9. The number of amides is 1. The van der Waals surface area contributed by atoms with Crippen LogP contribution in [-0.4, -0.2) is 24.2 Å². The third kappa shape index (κ3) is 6.25. The molecule has 0 aliphatic rings. The van der Waals surface area contributed by atoms with Gasteiger partial charge in [0.15, 0.2) is 0 Å². The van der Waals surface area contributed by atoms with E-state index < -0.39 is 34.7 Å². The molecule has 1 amide bonds. The molecule has 154 valence electrons. The Morgan fingerprint density at radius 2 is 2.00 bits per heavy atom. The van der Waals surface area contributed by atoms with Gasteiger partial charge >= 0.3 is 6.18 Å². The second kappa shape index (κ2) is 9.69. The Morgan fingerprint density at radius 3 is 2.59 bits per heavy atom. The number of carbonyl (C=O) groups is 1. The highest BCUT2D eigenvalue weighted by Crippen LogP contribution is 2.33. The van der Waals surface area contributed by atoms with E-state index in [-0.39, 0.29) is 5.56 Å². The van der Waals surface area contributed by atoms with Crippen molar-refractivity contribution in [3.63, 3.8) is 0 Å². The van der Waals surface area contributed by atoms with Gasteiger partial charge < -0.3 is 4.74 Å². The highest BCUT2D eigenvalue weighted by molar-refractivity contribution is 14.1. The van der Waals surface area contributed by atoms with Crippen molar-refractivity contribution in [2.45, 2.75) is 12.6 Å². The fourth-order valence-corrected chi connectivity index (χ4v) is 4.45. The number of hydrazone groups is 1. The number of benzene rings is 2. The van der Waals surface area contributed by atoms with Crippen molar-refractivity contribution < 1.29 is 27.6 Å². The number of hydrogen-bond donors (Lipinski definition) is 1. The first-order chi connectivity index (χ1) is 13.5. The van der Waals surface area contributed by atoms with E-state index in [0.29, 0.717) is 23.4 Å². The summed E-state index contributed by atoms with van der Waals surface area (Å²) in [6.07, 6.45) is -3.88. The number of carbonyl (C=O) groups excluding carboxylic acids is 1. The summed E-state index contributed by atoms with van der Waals surface area (Å²) in [5.74, 6) is -0.161. The fraction of sp³-hybridized carbons (Fsp3) is 0.176. The number of hydrogen-bond acceptors (Lipinski definition) is 5. The number of halogens is 5. The Balaban J connectivity index is 2.16. The molecule has 2 rings (SSSR count). The standard InChI is InChI=1S/C17H12F3I2N3O4/c1-29-16-10(4-12(21)7-13(16)22)8-23-24-15(26)5-9-2-3-11(17(18,19)20)6-14(9)25(27)28/h2-4,6-8H,5H2,1H3,(H,24,26)/b23-8+. The van der Waals surface area contributed by atoms with Gasteiger partial charge in [-0.05, 0) is 63.4 Å². The molecular weight excluding hydrogens is 621 g/mol. The summed E-state index contributed by atoms with van der Waals surface area (Å²) in [6, 6.07) is 5.68. The molecule has 1 N–H and O–H groups in total. The van der Waals surface area contributed by atoms with Crippen molar-refractivity contribution in [3.8, 4) is 5.75 Å². The van der Waals surface area contributed by atoms with Crippen molar-refractivity contribution in [1.82, 2.24) is 5.43 Å². The fourth-order valence-electron chi connectivity index (χ4n) is 2.34. The minimum atomic E-state index is -4.72. The Labute approximate surface area is 190 Å². The normalized spacial score (nSPS) is 11.5. The maximum absolute atomic E-state index is 12.7. The maximum Gasteiger partial charge on any atom is 0.416 e. The number of ether oxygens (including phenoxy) is 1. The summed E-state index contributed by atoms with van der Waals surface area (Å²) in [7, 11) is 1.49. The van der Waals surface area contributed by atoms with Crippen LogP contribution in [0.3, 0.4) is 0 Å².